The first-order valence-electron chi connectivity index (χ1n) is 7.03. The molecule has 108 valence electrons. The zero-order valence-corrected chi connectivity index (χ0v) is 12.7. The van der Waals surface area contributed by atoms with E-state index in [4.69, 9.17) is 4.74 Å². The maximum Gasteiger partial charge on any atom is 0.409 e. The SMILES string of the molecule is CC(C)CN(C)C.CCCCCN1CCOC1=O. The summed E-state index contributed by atoms with van der Waals surface area (Å²) in [6, 6.07) is 0. The largest absolute Gasteiger partial charge is 0.448 e. The molecule has 0 N–H and O–H groups in total. The van der Waals surface area contributed by atoms with E-state index in [1.54, 1.807) is 4.90 Å². The number of cyclic esters (lactones) is 1. The normalized spacial score (nSPS) is 14.8. The molecule has 1 aliphatic rings. The fraction of sp³-hybridized carbons (Fsp3) is 0.929. The van der Waals surface area contributed by atoms with Crippen LogP contribution in [0, 0.1) is 5.92 Å². The highest BCUT2D eigenvalue weighted by molar-refractivity contribution is 5.69. The third kappa shape index (κ3) is 9.28. The Bertz CT molecular complexity index is 212. The van der Waals surface area contributed by atoms with Gasteiger partial charge in [-0.05, 0) is 33.0 Å². The molecule has 0 bridgehead atoms. The highest BCUT2D eigenvalue weighted by atomic mass is 16.6. The summed E-state index contributed by atoms with van der Waals surface area (Å²) in [6.45, 7) is 10.0. The van der Waals surface area contributed by atoms with Gasteiger partial charge in [-0.25, -0.2) is 4.79 Å². The van der Waals surface area contributed by atoms with Gasteiger partial charge in [0.1, 0.15) is 6.61 Å². The summed E-state index contributed by atoms with van der Waals surface area (Å²) in [5.74, 6) is 0.801. The van der Waals surface area contributed by atoms with Crippen LogP contribution in [0.4, 0.5) is 4.79 Å². The van der Waals surface area contributed by atoms with Crippen LogP contribution in [0.3, 0.4) is 0 Å². The zero-order chi connectivity index (χ0) is 14.0. The molecule has 1 aliphatic heterocycles. The van der Waals surface area contributed by atoms with Crippen molar-refractivity contribution in [1.82, 2.24) is 9.80 Å². The van der Waals surface area contributed by atoms with Crippen molar-refractivity contribution in [2.75, 3.05) is 40.3 Å². The molecule has 1 saturated heterocycles. The number of hydrogen-bond donors (Lipinski definition) is 0. The maximum absolute atomic E-state index is 10.9. The molecule has 0 aliphatic carbocycles. The molecule has 1 amide bonds. The molecule has 0 saturated carbocycles. The summed E-state index contributed by atoms with van der Waals surface area (Å²) in [6.07, 6.45) is 3.36. The van der Waals surface area contributed by atoms with E-state index in [-0.39, 0.29) is 6.09 Å². The quantitative estimate of drug-likeness (QED) is 0.687. The van der Waals surface area contributed by atoms with E-state index in [2.05, 4.69) is 39.8 Å². The number of ether oxygens (including phenoxy) is 1. The summed E-state index contributed by atoms with van der Waals surface area (Å²) in [4.78, 5) is 14.8. The van der Waals surface area contributed by atoms with Gasteiger partial charge in [0.05, 0.1) is 6.54 Å². The van der Waals surface area contributed by atoms with Crippen molar-refractivity contribution >= 4 is 6.09 Å². The Hall–Kier alpha value is -0.770. The van der Waals surface area contributed by atoms with Crippen molar-refractivity contribution in [2.24, 2.45) is 5.92 Å². The van der Waals surface area contributed by atoms with Crippen LogP contribution < -0.4 is 0 Å². The fourth-order valence-corrected chi connectivity index (χ4v) is 1.91. The molecule has 1 fully saturated rings. The van der Waals surface area contributed by atoms with Crippen molar-refractivity contribution in [2.45, 2.75) is 40.0 Å². The van der Waals surface area contributed by atoms with Gasteiger partial charge in [-0.2, -0.15) is 0 Å². The topological polar surface area (TPSA) is 32.8 Å². The minimum Gasteiger partial charge on any atom is -0.448 e. The van der Waals surface area contributed by atoms with Gasteiger partial charge in [-0.1, -0.05) is 33.6 Å². The van der Waals surface area contributed by atoms with E-state index in [1.807, 2.05) is 0 Å². The lowest BCUT2D eigenvalue weighted by molar-refractivity contribution is 0.158. The first kappa shape index (κ1) is 17.2. The first-order chi connectivity index (χ1) is 8.47. The molecular formula is C14H30N2O2. The second-order valence-electron chi connectivity index (χ2n) is 5.46. The van der Waals surface area contributed by atoms with Gasteiger partial charge < -0.3 is 14.5 Å². The standard InChI is InChI=1S/C8H15NO2.C6H15N/c1-2-3-4-5-9-6-7-11-8(9)10;1-6(2)5-7(3)4/h2-7H2,1H3;6H,5H2,1-4H3. The number of rotatable bonds is 6. The third-order valence-electron chi connectivity index (χ3n) is 2.61. The van der Waals surface area contributed by atoms with Crippen molar-refractivity contribution in [3.63, 3.8) is 0 Å². The Balaban J connectivity index is 0.000000360. The van der Waals surface area contributed by atoms with Gasteiger partial charge in [0, 0.05) is 6.54 Å². The summed E-state index contributed by atoms with van der Waals surface area (Å²) in [7, 11) is 4.19. The molecule has 4 heteroatoms. The van der Waals surface area contributed by atoms with Crippen LogP contribution in [-0.2, 0) is 4.74 Å². The molecule has 0 atom stereocenters. The molecule has 0 spiro atoms. The highest BCUT2D eigenvalue weighted by Crippen LogP contribution is 2.05. The number of carbonyl (C=O) groups is 1. The van der Waals surface area contributed by atoms with Crippen LogP contribution in [0.25, 0.3) is 0 Å². The Kier molecular flexibility index (Phi) is 9.74. The van der Waals surface area contributed by atoms with E-state index in [1.165, 1.54) is 19.4 Å². The van der Waals surface area contributed by atoms with Crippen LogP contribution in [0.15, 0.2) is 0 Å². The molecule has 1 rings (SSSR count). The molecule has 0 aromatic carbocycles. The summed E-state index contributed by atoms with van der Waals surface area (Å²) >= 11 is 0. The van der Waals surface area contributed by atoms with Crippen molar-refractivity contribution < 1.29 is 9.53 Å². The maximum atomic E-state index is 10.9. The predicted octanol–water partition coefficient (Wildman–Crippen LogP) is 2.83. The minimum atomic E-state index is -0.138. The lowest BCUT2D eigenvalue weighted by Crippen LogP contribution is -2.25. The fourth-order valence-electron chi connectivity index (χ4n) is 1.91. The Morgan fingerprint density at radius 3 is 2.33 bits per heavy atom. The number of amides is 1. The number of nitrogens with zero attached hydrogens (tertiary/aromatic N) is 2. The van der Waals surface area contributed by atoms with Crippen LogP contribution in [0.5, 0.6) is 0 Å². The molecule has 0 aromatic heterocycles. The van der Waals surface area contributed by atoms with Crippen molar-refractivity contribution in [3.8, 4) is 0 Å². The Labute approximate surface area is 112 Å². The molecular weight excluding hydrogens is 228 g/mol. The lowest BCUT2D eigenvalue weighted by Gasteiger charge is -2.10. The molecule has 1 heterocycles. The van der Waals surface area contributed by atoms with E-state index in [9.17, 15) is 4.79 Å². The Morgan fingerprint density at radius 2 is 2.00 bits per heavy atom. The van der Waals surface area contributed by atoms with Gasteiger partial charge in [0.25, 0.3) is 0 Å². The van der Waals surface area contributed by atoms with Gasteiger partial charge in [0.15, 0.2) is 0 Å². The lowest BCUT2D eigenvalue weighted by atomic mass is 10.2. The van der Waals surface area contributed by atoms with Crippen molar-refractivity contribution in [1.29, 1.82) is 0 Å². The first-order valence-corrected chi connectivity index (χ1v) is 7.03. The number of carbonyl (C=O) groups excluding carboxylic acids is 1. The van der Waals surface area contributed by atoms with Crippen LogP contribution in [-0.4, -0.2) is 56.2 Å². The summed E-state index contributed by atoms with van der Waals surface area (Å²) in [5.41, 5.74) is 0. The van der Waals surface area contributed by atoms with E-state index >= 15 is 0 Å². The highest BCUT2D eigenvalue weighted by Gasteiger charge is 2.20. The Morgan fingerprint density at radius 1 is 1.33 bits per heavy atom. The molecule has 4 nitrogen and oxygen atoms in total. The molecule has 18 heavy (non-hydrogen) atoms. The minimum absolute atomic E-state index is 0.138. The van der Waals surface area contributed by atoms with Crippen LogP contribution in [0.1, 0.15) is 40.0 Å². The average Bonchev–Trinajstić information content (AvgIpc) is 2.64. The number of hydrogen-bond acceptors (Lipinski definition) is 3. The van der Waals surface area contributed by atoms with E-state index in [0.717, 1.165) is 25.4 Å². The zero-order valence-electron chi connectivity index (χ0n) is 12.7. The second kappa shape index (κ2) is 10.2. The monoisotopic (exact) mass is 258 g/mol. The van der Waals surface area contributed by atoms with Crippen LogP contribution in [0.2, 0.25) is 0 Å². The summed E-state index contributed by atoms with van der Waals surface area (Å²) in [5, 5.41) is 0. The average molecular weight is 258 g/mol. The van der Waals surface area contributed by atoms with Crippen LogP contribution >= 0.6 is 0 Å². The molecule has 0 radical (unpaired) electrons. The van der Waals surface area contributed by atoms with Gasteiger partial charge >= 0.3 is 6.09 Å². The smallest absolute Gasteiger partial charge is 0.409 e. The molecule has 0 aromatic rings. The summed E-state index contributed by atoms with van der Waals surface area (Å²) < 4.78 is 4.78. The second-order valence-corrected chi connectivity index (χ2v) is 5.46. The predicted molar refractivity (Wildman–Crippen MR) is 75.8 cm³/mol. The van der Waals surface area contributed by atoms with Gasteiger partial charge in [-0.3, -0.25) is 0 Å². The van der Waals surface area contributed by atoms with E-state index in [0.29, 0.717) is 6.61 Å². The van der Waals surface area contributed by atoms with Gasteiger partial charge in [0.2, 0.25) is 0 Å². The molecule has 0 unspecified atom stereocenters. The van der Waals surface area contributed by atoms with E-state index < -0.39 is 0 Å². The van der Waals surface area contributed by atoms with Gasteiger partial charge in [-0.15, -0.1) is 0 Å². The third-order valence-corrected chi connectivity index (χ3v) is 2.61. The van der Waals surface area contributed by atoms with Crippen molar-refractivity contribution in [3.05, 3.63) is 0 Å². The number of unbranched alkanes of at least 4 members (excludes halogenated alkanes) is 2.